The lowest BCUT2D eigenvalue weighted by molar-refractivity contribution is 0.119. The fourth-order valence-electron chi connectivity index (χ4n) is 5.08. The molecule has 3 saturated carbocycles. The molecule has 3 fully saturated rings. The van der Waals surface area contributed by atoms with Gasteiger partial charge in [-0.05, 0) is 64.0 Å². The Balaban J connectivity index is 1.55. The van der Waals surface area contributed by atoms with E-state index >= 15 is 0 Å². The van der Waals surface area contributed by atoms with Gasteiger partial charge < -0.3 is 10.2 Å². The molecule has 18 heavy (non-hydrogen) atoms. The van der Waals surface area contributed by atoms with Gasteiger partial charge in [0.05, 0.1) is 0 Å². The molecule has 0 aliphatic heterocycles. The average molecular weight is 250 g/mol. The van der Waals surface area contributed by atoms with Crippen LogP contribution >= 0.6 is 0 Å². The van der Waals surface area contributed by atoms with Crippen LogP contribution in [0.3, 0.4) is 0 Å². The zero-order valence-corrected chi connectivity index (χ0v) is 12.2. The molecular formula is C16H30N2. The first-order valence-corrected chi connectivity index (χ1v) is 8.15. The van der Waals surface area contributed by atoms with E-state index in [1.165, 1.54) is 51.5 Å². The standard InChI is InChI=1S/C16H30N2/c1-17-15-5-3-4-6-16(15)18(2)11-14-10-12-7-8-13(14)9-12/h12-17H,3-11H2,1-2H3. The summed E-state index contributed by atoms with van der Waals surface area (Å²) in [5, 5.41) is 3.55. The van der Waals surface area contributed by atoms with E-state index in [0.717, 1.165) is 29.8 Å². The van der Waals surface area contributed by atoms with E-state index in [0.29, 0.717) is 0 Å². The van der Waals surface area contributed by atoms with Crippen LogP contribution in [-0.2, 0) is 0 Å². The highest BCUT2D eigenvalue weighted by molar-refractivity contribution is 4.93. The van der Waals surface area contributed by atoms with E-state index in [-0.39, 0.29) is 0 Å². The molecule has 104 valence electrons. The number of hydrogen-bond acceptors (Lipinski definition) is 2. The number of rotatable bonds is 4. The lowest BCUT2D eigenvalue weighted by atomic mass is 9.86. The lowest BCUT2D eigenvalue weighted by Gasteiger charge is -2.40. The Morgan fingerprint density at radius 2 is 1.89 bits per heavy atom. The maximum Gasteiger partial charge on any atom is 0.0246 e. The highest BCUT2D eigenvalue weighted by atomic mass is 15.2. The molecule has 0 heterocycles. The fourth-order valence-corrected chi connectivity index (χ4v) is 5.08. The highest BCUT2D eigenvalue weighted by Crippen LogP contribution is 2.48. The molecule has 2 nitrogen and oxygen atoms in total. The molecule has 1 N–H and O–H groups in total. The van der Waals surface area contributed by atoms with Crippen molar-refractivity contribution in [1.82, 2.24) is 10.2 Å². The molecule has 0 saturated heterocycles. The molecule has 2 bridgehead atoms. The van der Waals surface area contributed by atoms with Gasteiger partial charge in [0.2, 0.25) is 0 Å². The Labute approximate surface area is 113 Å². The van der Waals surface area contributed by atoms with Gasteiger partial charge in [-0.2, -0.15) is 0 Å². The molecule has 0 aromatic heterocycles. The maximum atomic E-state index is 3.55. The smallest absolute Gasteiger partial charge is 0.0246 e. The van der Waals surface area contributed by atoms with Gasteiger partial charge in [-0.3, -0.25) is 0 Å². The van der Waals surface area contributed by atoms with Crippen LogP contribution in [0, 0.1) is 17.8 Å². The Hall–Kier alpha value is -0.0800. The van der Waals surface area contributed by atoms with Crippen LogP contribution in [-0.4, -0.2) is 37.6 Å². The van der Waals surface area contributed by atoms with Gasteiger partial charge in [0.15, 0.2) is 0 Å². The molecule has 3 aliphatic rings. The minimum atomic E-state index is 0.738. The number of fused-ring (bicyclic) bond motifs is 2. The second kappa shape index (κ2) is 5.50. The largest absolute Gasteiger partial charge is 0.315 e. The first-order valence-electron chi connectivity index (χ1n) is 8.15. The predicted octanol–water partition coefficient (Wildman–Crippen LogP) is 2.89. The minimum Gasteiger partial charge on any atom is -0.315 e. The molecule has 3 rings (SSSR count). The monoisotopic (exact) mass is 250 g/mol. The van der Waals surface area contributed by atoms with Crippen LogP contribution in [0.25, 0.3) is 0 Å². The molecule has 5 atom stereocenters. The highest BCUT2D eigenvalue weighted by Gasteiger charge is 2.40. The van der Waals surface area contributed by atoms with Gasteiger partial charge in [-0.1, -0.05) is 19.3 Å². The SMILES string of the molecule is CNC1CCCCC1N(C)CC1CC2CCC1C2. The van der Waals surface area contributed by atoms with E-state index in [2.05, 4.69) is 24.3 Å². The van der Waals surface area contributed by atoms with Gasteiger partial charge in [0.1, 0.15) is 0 Å². The predicted molar refractivity (Wildman–Crippen MR) is 76.7 cm³/mol. The summed E-state index contributed by atoms with van der Waals surface area (Å²) in [6.45, 7) is 1.37. The molecule has 5 unspecified atom stereocenters. The van der Waals surface area contributed by atoms with E-state index in [9.17, 15) is 0 Å². The summed E-state index contributed by atoms with van der Waals surface area (Å²) in [6, 6.07) is 1.53. The molecule has 0 aromatic rings. The minimum absolute atomic E-state index is 0.738. The summed E-state index contributed by atoms with van der Waals surface area (Å²) < 4.78 is 0. The van der Waals surface area contributed by atoms with Crippen molar-refractivity contribution in [2.45, 2.75) is 63.5 Å². The fraction of sp³-hybridized carbons (Fsp3) is 1.00. The van der Waals surface area contributed by atoms with E-state index < -0.39 is 0 Å². The van der Waals surface area contributed by atoms with Crippen molar-refractivity contribution < 1.29 is 0 Å². The second-order valence-corrected chi connectivity index (χ2v) is 7.12. The maximum absolute atomic E-state index is 3.55. The summed E-state index contributed by atoms with van der Waals surface area (Å²) in [5.74, 6) is 3.20. The van der Waals surface area contributed by atoms with Crippen LogP contribution in [0.4, 0.5) is 0 Å². The Morgan fingerprint density at radius 3 is 2.56 bits per heavy atom. The molecule has 3 aliphatic carbocycles. The van der Waals surface area contributed by atoms with Crippen molar-refractivity contribution in [3.05, 3.63) is 0 Å². The van der Waals surface area contributed by atoms with Gasteiger partial charge >= 0.3 is 0 Å². The third kappa shape index (κ3) is 2.46. The number of likely N-dealkylation sites (N-methyl/N-ethyl adjacent to an activating group) is 2. The summed E-state index contributed by atoms with van der Waals surface area (Å²) >= 11 is 0. The zero-order valence-electron chi connectivity index (χ0n) is 12.2. The number of nitrogens with one attached hydrogen (secondary N) is 1. The topological polar surface area (TPSA) is 15.3 Å². The first kappa shape index (κ1) is 12.9. The van der Waals surface area contributed by atoms with Crippen molar-refractivity contribution in [3.8, 4) is 0 Å². The average Bonchev–Trinajstić information content (AvgIpc) is 3.01. The summed E-state index contributed by atoms with van der Waals surface area (Å²) in [4.78, 5) is 2.70. The first-order chi connectivity index (χ1) is 8.78. The molecule has 0 amide bonds. The lowest BCUT2D eigenvalue weighted by Crippen LogP contribution is -2.50. The van der Waals surface area contributed by atoms with Crippen molar-refractivity contribution in [2.75, 3.05) is 20.6 Å². The third-order valence-corrected chi connectivity index (χ3v) is 6.07. The molecule has 0 aromatic carbocycles. The third-order valence-electron chi connectivity index (χ3n) is 6.07. The van der Waals surface area contributed by atoms with Gasteiger partial charge in [0.25, 0.3) is 0 Å². The van der Waals surface area contributed by atoms with Crippen LogP contribution in [0.5, 0.6) is 0 Å². The molecule has 0 radical (unpaired) electrons. The number of nitrogens with zero attached hydrogens (tertiary/aromatic N) is 1. The van der Waals surface area contributed by atoms with E-state index in [4.69, 9.17) is 0 Å². The van der Waals surface area contributed by atoms with Crippen LogP contribution < -0.4 is 5.32 Å². The van der Waals surface area contributed by atoms with Crippen molar-refractivity contribution in [3.63, 3.8) is 0 Å². The van der Waals surface area contributed by atoms with E-state index in [1.54, 1.807) is 6.42 Å². The molecular weight excluding hydrogens is 220 g/mol. The van der Waals surface area contributed by atoms with E-state index in [1.807, 2.05) is 0 Å². The number of hydrogen-bond donors (Lipinski definition) is 1. The normalized spacial score (nSPS) is 43.8. The van der Waals surface area contributed by atoms with Crippen molar-refractivity contribution >= 4 is 0 Å². The van der Waals surface area contributed by atoms with Crippen molar-refractivity contribution in [2.24, 2.45) is 17.8 Å². The summed E-state index contributed by atoms with van der Waals surface area (Å²) in [7, 11) is 4.53. The van der Waals surface area contributed by atoms with Crippen LogP contribution in [0.1, 0.15) is 51.4 Å². The molecule has 2 heteroatoms. The molecule has 0 spiro atoms. The Morgan fingerprint density at radius 1 is 1.06 bits per heavy atom. The quantitative estimate of drug-likeness (QED) is 0.825. The van der Waals surface area contributed by atoms with Gasteiger partial charge in [-0.25, -0.2) is 0 Å². The Kier molecular flexibility index (Phi) is 3.95. The second-order valence-electron chi connectivity index (χ2n) is 7.12. The van der Waals surface area contributed by atoms with Gasteiger partial charge in [-0.15, -0.1) is 0 Å². The Bertz CT molecular complexity index is 278. The summed E-state index contributed by atoms with van der Waals surface area (Å²) in [6.07, 6.45) is 11.8. The summed E-state index contributed by atoms with van der Waals surface area (Å²) in [5.41, 5.74) is 0. The zero-order chi connectivity index (χ0) is 12.5. The van der Waals surface area contributed by atoms with Crippen molar-refractivity contribution in [1.29, 1.82) is 0 Å². The van der Waals surface area contributed by atoms with Gasteiger partial charge in [0, 0.05) is 18.6 Å². The van der Waals surface area contributed by atoms with Crippen LogP contribution in [0.15, 0.2) is 0 Å². The van der Waals surface area contributed by atoms with Crippen LogP contribution in [0.2, 0.25) is 0 Å².